The van der Waals surface area contributed by atoms with Crippen LogP contribution in [0.2, 0.25) is 5.02 Å². The molecule has 1 heterocycles. The zero-order valence-electron chi connectivity index (χ0n) is 21.6. The molecule has 208 valence electrons. The summed E-state index contributed by atoms with van der Waals surface area (Å²) in [5.41, 5.74) is 1.82. The highest BCUT2D eigenvalue weighted by atomic mass is 35.5. The average molecular weight is 559 g/mol. The van der Waals surface area contributed by atoms with Crippen molar-refractivity contribution in [1.29, 1.82) is 0 Å². The Kier molecular flexibility index (Phi) is 9.24. The maximum absolute atomic E-state index is 13.4. The van der Waals surface area contributed by atoms with Crippen molar-refractivity contribution in [3.63, 3.8) is 0 Å². The fourth-order valence-corrected chi connectivity index (χ4v) is 5.10. The first-order valence-electron chi connectivity index (χ1n) is 12.6. The molecule has 2 amide bonds. The summed E-state index contributed by atoms with van der Waals surface area (Å²) in [5.74, 6) is -1.04. The average Bonchev–Trinajstić information content (AvgIpc) is 3.34. The molecule has 2 aromatic carbocycles. The lowest BCUT2D eigenvalue weighted by molar-refractivity contribution is -0.142. The number of benzene rings is 2. The molecule has 0 saturated heterocycles. The number of amides is 2. The van der Waals surface area contributed by atoms with Gasteiger partial charge in [0.2, 0.25) is 11.8 Å². The molecule has 39 heavy (non-hydrogen) atoms. The third-order valence-electron chi connectivity index (χ3n) is 6.79. The number of nitrogens with zero attached hydrogens (tertiary/aromatic N) is 1. The second-order valence-corrected chi connectivity index (χ2v) is 9.62. The Hall–Kier alpha value is -3.44. The molecule has 0 spiro atoms. The van der Waals surface area contributed by atoms with Crippen molar-refractivity contribution < 1.29 is 38.8 Å². The topological polar surface area (TPSA) is 135 Å². The molecule has 1 aliphatic carbocycles. The SMILES string of the molecule is CCOCC(=O)N(Cc1ccc(Cl)cc1)[C@@H]1C=C(C(=O)NCCO)[C@@H]2c3cc(C=O)cc(OC)c3O[C@@H]2[C@H]1O. The normalized spacial score (nSPS) is 21.2. The van der Waals surface area contributed by atoms with Crippen LogP contribution in [-0.2, 0) is 20.9 Å². The van der Waals surface area contributed by atoms with E-state index in [-0.39, 0.29) is 37.6 Å². The van der Waals surface area contributed by atoms with Gasteiger partial charge < -0.3 is 34.6 Å². The molecule has 3 N–H and O–H groups in total. The third kappa shape index (κ3) is 5.94. The summed E-state index contributed by atoms with van der Waals surface area (Å²) in [7, 11) is 1.43. The van der Waals surface area contributed by atoms with Crippen LogP contribution in [0.4, 0.5) is 0 Å². The Bertz CT molecular complexity index is 1250. The highest BCUT2D eigenvalue weighted by Gasteiger charge is 2.51. The molecule has 2 aliphatic rings. The molecule has 0 fully saturated rings. The highest BCUT2D eigenvalue weighted by Crippen LogP contribution is 2.51. The number of fused-ring (bicyclic) bond motifs is 3. The van der Waals surface area contributed by atoms with Gasteiger partial charge in [-0.3, -0.25) is 14.4 Å². The summed E-state index contributed by atoms with van der Waals surface area (Å²) in [6.07, 6.45) is -0.00264. The quantitative estimate of drug-likeness (QED) is 0.356. The fraction of sp³-hybridized carbons (Fsp3) is 0.393. The first-order chi connectivity index (χ1) is 18.8. The number of rotatable bonds is 11. The van der Waals surface area contributed by atoms with Gasteiger partial charge >= 0.3 is 0 Å². The van der Waals surface area contributed by atoms with Crippen molar-refractivity contribution in [2.45, 2.75) is 37.6 Å². The Morgan fingerprint density at radius 1 is 1.23 bits per heavy atom. The Balaban J connectivity index is 1.80. The van der Waals surface area contributed by atoms with E-state index in [0.717, 1.165) is 5.56 Å². The van der Waals surface area contributed by atoms with Gasteiger partial charge in [0.25, 0.3) is 0 Å². The maximum Gasteiger partial charge on any atom is 0.249 e. The molecular weight excluding hydrogens is 528 g/mol. The van der Waals surface area contributed by atoms with Crippen molar-refractivity contribution in [2.75, 3.05) is 33.5 Å². The van der Waals surface area contributed by atoms with E-state index in [2.05, 4.69) is 5.32 Å². The van der Waals surface area contributed by atoms with Crippen molar-refractivity contribution in [3.05, 3.63) is 69.8 Å². The summed E-state index contributed by atoms with van der Waals surface area (Å²) >= 11 is 6.04. The van der Waals surface area contributed by atoms with E-state index < -0.39 is 36.0 Å². The predicted octanol–water partition coefficient (Wildman–Crippen LogP) is 1.85. The summed E-state index contributed by atoms with van der Waals surface area (Å²) < 4.78 is 17.0. The van der Waals surface area contributed by atoms with Gasteiger partial charge in [0.1, 0.15) is 25.1 Å². The molecule has 0 saturated carbocycles. The van der Waals surface area contributed by atoms with E-state index in [1.54, 1.807) is 43.3 Å². The zero-order valence-corrected chi connectivity index (χ0v) is 22.4. The van der Waals surface area contributed by atoms with E-state index in [1.165, 1.54) is 18.1 Å². The van der Waals surface area contributed by atoms with Gasteiger partial charge in [-0.05, 0) is 42.8 Å². The highest BCUT2D eigenvalue weighted by molar-refractivity contribution is 6.30. The lowest BCUT2D eigenvalue weighted by atomic mass is 9.77. The van der Waals surface area contributed by atoms with Gasteiger partial charge in [-0.2, -0.15) is 0 Å². The van der Waals surface area contributed by atoms with Crippen molar-refractivity contribution in [2.24, 2.45) is 0 Å². The molecule has 4 rings (SSSR count). The van der Waals surface area contributed by atoms with Gasteiger partial charge in [0, 0.05) is 41.4 Å². The Labute approximate surface area is 231 Å². The van der Waals surface area contributed by atoms with Crippen LogP contribution in [0.25, 0.3) is 0 Å². The number of hydrogen-bond acceptors (Lipinski definition) is 8. The maximum atomic E-state index is 13.4. The van der Waals surface area contributed by atoms with Crippen LogP contribution in [-0.4, -0.2) is 84.9 Å². The number of ether oxygens (including phenoxy) is 3. The first-order valence-corrected chi connectivity index (χ1v) is 12.9. The first kappa shape index (κ1) is 28.6. The van der Waals surface area contributed by atoms with E-state index in [4.69, 9.17) is 25.8 Å². The van der Waals surface area contributed by atoms with Crippen LogP contribution in [0.3, 0.4) is 0 Å². The number of carbonyl (C=O) groups excluding carboxylic acids is 3. The predicted molar refractivity (Wildman–Crippen MR) is 142 cm³/mol. The van der Waals surface area contributed by atoms with Gasteiger partial charge in [-0.25, -0.2) is 0 Å². The molecule has 10 nitrogen and oxygen atoms in total. The number of methoxy groups -OCH3 is 1. The fourth-order valence-electron chi connectivity index (χ4n) is 4.98. The molecule has 0 unspecified atom stereocenters. The molecular formula is C28H31ClN2O8. The minimum Gasteiger partial charge on any atom is -0.493 e. The standard InChI is InChI=1S/C28H31ClN2O8/c1-3-38-15-23(34)31(13-16-4-6-18(29)7-5-16)21-12-20(28(36)30-8-9-32)24-19-10-17(14-33)11-22(37-2)26(19)39-27(24)25(21)35/h4-7,10-12,14,21,24-25,27,32,35H,3,8-9,13,15H2,1-2H3,(H,30,36)/t21-,24+,25+,27+/m1/s1. The van der Waals surface area contributed by atoms with Crippen molar-refractivity contribution >= 4 is 29.7 Å². The van der Waals surface area contributed by atoms with E-state index in [0.29, 0.717) is 34.8 Å². The number of hydrogen-bond donors (Lipinski definition) is 3. The number of aliphatic hydroxyl groups is 2. The molecule has 0 aromatic heterocycles. The van der Waals surface area contributed by atoms with E-state index >= 15 is 0 Å². The van der Waals surface area contributed by atoms with Crippen LogP contribution < -0.4 is 14.8 Å². The van der Waals surface area contributed by atoms with Crippen molar-refractivity contribution in [1.82, 2.24) is 10.2 Å². The molecule has 2 aromatic rings. The minimum absolute atomic E-state index is 0.00392. The Morgan fingerprint density at radius 2 is 1.97 bits per heavy atom. The lowest BCUT2D eigenvalue weighted by Crippen LogP contribution is -2.56. The molecule has 1 aliphatic heterocycles. The lowest BCUT2D eigenvalue weighted by Gasteiger charge is -2.40. The van der Waals surface area contributed by atoms with Gasteiger partial charge in [0.15, 0.2) is 11.5 Å². The molecule has 11 heteroatoms. The summed E-state index contributed by atoms with van der Waals surface area (Å²) in [5, 5.41) is 24.1. The Morgan fingerprint density at radius 3 is 2.62 bits per heavy atom. The second-order valence-electron chi connectivity index (χ2n) is 9.19. The van der Waals surface area contributed by atoms with Gasteiger partial charge in [0.05, 0.1) is 25.7 Å². The summed E-state index contributed by atoms with van der Waals surface area (Å²) in [6.45, 7) is 1.70. The number of nitrogens with one attached hydrogen (secondary N) is 1. The summed E-state index contributed by atoms with van der Waals surface area (Å²) in [4.78, 5) is 39.8. The smallest absolute Gasteiger partial charge is 0.249 e. The van der Waals surface area contributed by atoms with Crippen LogP contribution >= 0.6 is 11.6 Å². The minimum atomic E-state index is -1.25. The van der Waals surface area contributed by atoms with Gasteiger partial charge in [-0.1, -0.05) is 23.7 Å². The summed E-state index contributed by atoms with van der Waals surface area (Å²) in [6, 6.07) is 9.10. The largest absolute Gasteiger partial charge is 0.493 e. The third-order valence-corrected chi connectivity index (χ3v) is 7.04. The molecule has 0 radical (unpaired) electrons. The number of carbonyl (C=O) groups is 3. The van der Waals surface area contributed by atoms with Crippen molar-refractivity contribution in [3.8, 4) is 11.5 Å². The zero-order chi connectivity index (χ0) is 28.1. The van der Waals surface area contributed by atoms with Crippen LogP contribution in [0.5, 0.6) is 11.5 Å². The van der Waals surface area contributed by atoms with Crippen LogP contribution in [0.15, 0.2) is 48.0 Å². The van der Waals surface area contributed by atoms with Crippen LogP contribution in [0, 0.1) is 0 Å². The number of aldehydes is 1. The van der Waals surface area contributed by atoms with Crippen LogP contribution in [0.1, 0.15) is 34.3 Å². The monoisotopic (exact) mass is 558 g/mol. The van der Waals surface area contributed by atoms with E-state index in [1.807, 2.05) is 0 Å². The molecule has 4 atom stereocenters. The molecule has 0 bridgehead atoms. The number of aliphatic hydroxyl groups excluding tert-OH is 2. The van der Waals surface area contributed by atoms with E-state index in [9.17, 15) is 24.6 Å². The second kappa shape index (κ2) is 12.6. The van der Waals surface area contributed by atoms with Gasteiger partial charge in [-0.15, -0.1) is 0 Å². The number of halogens is 1.